The van der Waals surface area contributed by atoms with Crippen LogP contribution in [0.3, 0.4) is 0 Å². The smallest absolute Gasteiger partial charge is 0.340 e. The number of esters is 2. The fourth-order valence-electron chi connectivity index (χ4n) is 2.97. The van der Waals surface area contributed by atoms with Gasteiger partial charge in [-0.05, 0) is 38.0 Å². The molecule has 1 aliphatic rings. The molecule has 0 radical (unpaired) electrons. The fourth-order valence-corrected chi connectivity index (χ4v) is 2.97. The van der Waals surface area contributed by atoms with Gasteiger partial charge >= 0.3 is 11.9 Å². The number of hydrogen-bond acceptors (Lipinski definition) is 4. The minimum atomic E-state index is -0.376. The number of ether oxygens (including phenoxy) is 2. The van der Waals surface area contributed by atoms with Gasteiger partial charge in [0.05, 0.1) is 12.2 Å². The monoisotopic (exact) mass is 287 g/mol. The fraction of sp³-hybridized carbons (Fsp3) is 0.375. The van der Waals surface area contributed by atoms with Gasteiger partial charge in [0.25, 0.3) is 0 Å². The highest BCUT2D eigenvalue weighted by Crippen LogP contribution is 2.34. The highest BCUT2D eigenvalue weighted by Gasteiger charge is 2.26. The van der Waals surface area contributed by atoms with Gasteiger partial charge < -0.3 is 14.0 Å². The first-order valence-electron chi connectivity index (χ1n) is 7.12. The first kappa shape index (κ1) is 13.7. The van der Waals surface area contributed by atoms with Crippen LogP contribution in [0.25, 0.3) is 10.9 Å². The lowest BCUT2D eigenvalue weighted by molar-refractivity contribution is -0.131. The Hall–Kier alpha value is -2.30. The highest BCUT2D eigenvalue weighted by atomic mass is 16.5. The second kappa shape index (κ2) is 5.24. The molecule has 5 heteroatoms. The summed E-state index contributed by atoms with van der Waals surface area (Å²) in [5, 5.41) is 0.793. The van der Waals surface area contributed by atoms with E-state index < -0.39 is 0 Å². The Labute approximate surface area is 122 Å². The van der Waals surface area contributed by atoms with Crippen molar-refractivity contribution in [2.24, 2.45) is 0 Å². The van der Waals surface area contributed by atoms with E-state index in [-0.39, 0.29) is 11.9 Å². The quantitative estimate of drug-likeness (QED) is 0.643. The summed E-state index contributed by atoms with van der Waals surface area (Å²) in [5.41, 5.74) is 2.61. The summed E-state index contributed by atoms with van der Waals surface area (Å²) in [5.74, 6) is -0.235. The van der Waals surface area contributed by atoms with E-state index in [9.17, 15) is 9.59 Å². The molecule has 2 aromatic rings. The molecule has 0 atom stereocenters. The maximum atomic E-state index is 12.3. The van der Waals surface area contributed by atoms with Crippen LogP contribution in [0.15, 0.2) is 18.2 Å². The van der Waals surface area contributed by atoms with Crippen molar-refractivity contribution in [1.82, 2.24) is 4.57 Å². The lowest BCUT2D eigenvalue weighted by atomic mass is 10.1. The maximum Gasteiger partial charge on any atom is 0.340 e. The lowest BCUT2D eigenvalue weighted by Crippen LogP contribution is -2.07. The Morgan fingerprint density at radius 2 is 2.14 bits per heavy atom. The van der Waals surface area contributed by atoms with E-state index in [2.05, 4.69) is 4.57 Å². The van der Waals surface area contributed by atoms with Crippen LogP contribution in [0.2, 0.25) is 0 Å². The third-order valence-electron chi connectivity index (χ3n) is 3.68. The molecule has 2 heterocycles. The van der Waals surface area contributed by atoms with Gasteiger partial charge in [0.2, 0.25) is 0 Å². The number of carbonyl (C=O) groups is 2. The zero-order valence-corrected chi connectivity index (χ0v) is 12.1. The summed E-state index contributed by atoms with van der Waals surface area (Å²) >= 11 is 0. The molecule has 0 spiro atoms. The van der Waals surface area contributed by atoms with Crippen molar-refractivity contribution in [3.63, 3.8) is 0 Å². The SMILES string of the molecule is CCOC(=O)c1c2n(c3ccc(OC(C)=O)cc13)CCC2. The van der Waals surface area contributed by atoms with E-state index in [1.165, 1.54) is 6.92 Å². The Balaban J connectivity index is 2.17. The summed E-state index contributed by atoms with van der Waals surface area (Å²) in [6.07, 6.45) is 1.90. The summed E-state index contributed by atoms with van der Waals surface area (Å²) in [4.78, 5) is 23.4. The number of aryl methyl sites for hydroxylation is 1. The predicted octanol–water partition coefficient (Wildman–Crippen LogP) is 2.69. The van der Waals surface area contributed by atoms with Gasteiger partial charge in [0, 0.05) is 30.1 Å². The van der Waals surface area contributed by atoms with Gasteiger partial charge in [-0.15, -0.1) is 0 Å². The number of nitrogens with zero attached hydrogens (tertiary/aromatic N) is 1. The summed E-state index contributed by atoms with van der Waals surface area (Å²) in [6, 6.07) is 5.39. The number of aromatic nitrogens is 1. The second-order valence-corrected chi connectivity index (χ2v) is 5.07. The van der Waals surface area contributed by atoms with E-state index in [0.717, 1.165) is 36.0 Å². The molecule has 0 fully saturated rings. The molecular formula is C16H17NO4. The third-order valence-corrected chi connectivity index (χ3v) is 3.68. The van der Waals surface area contributed by atoms with Gasteiger partial charge in [-0.1, -0.05) is 0 Å². The Kier molecular flexibility index (Phi) is 3.41. The molecule has 110 valence electrons. The molecule has 0 N–H and O–H groups in total. The minimum Gasteiger partial charge on any atom is -0.462 e. The van der Waals surface area contributed by atoms with Crippen molar-refractivity contribution in [1.29, 1.82) is 0 Å². The molecule has 1 aliphatic heterocycles. The first-order valence-corrected chi connectivity index (χ1v) is 7.12. The van der Waals surface area contributed by atoms with Gasteiger partial charge in [-0.25, -0.2) is 4.79 Å². The third kappa shape index (κ3) is 2.28. The molecule has 1 aromatic heterocycles. The molecule has 0 amide bonds. The largest absolute Gasteiger partial charge is 0.462 e. The zero-order valence-electron chi connectivity index (χ0n) is 12.1. The Morgan fingerprint density at radius 3 is 2.86 bits per heavy atom. The lowest BCUT2D eigenvalue weighted by Gasteiger charge is -2.04. The second-order valence-electron chi connectivity index (χ2n) is 5.07. The van der Waals surface area contributed by atoms with Crippen LogP contribution in [0, 0.1) is 0 Å². The molecule has 3 rings (SSSR count). The van der Waals surface area contributed by atoms with E-state index in [1.54, 1.807) is 19.1 Å². The first-order chi connectivity index (χ1) is 10.1. The minimum absolute atomic E-state index is 0.307. The topological polar surface area (TPSA) is 57.5 Å². The van der Waals surface area contributed by atoms with E-state index in [4.69, 9.17) is 9.47 Å². The molecular weight excluding hydrogens is 270 g/mol. The molecule has 0 aliphatic carbocycles. The van der Waals surface area contributed by atoms with Crippen LogP contribution in [-0.4, -0.2) is 23.1 Å². The van der Waals surface area contributed by atoms with Crippen molar-refractivity contribution < 1.29 is 19.1 Å². The molecule has 1 aromatic carbocycles. The number of benzene rings is 1. The van der Waals surface area contributed by atoms with Crippen molar-refractivity contribution in [3.8, 4) is 5.75 Å². The zero-order chi connectivity index (χ0) is 15.0. The van der Waals surface area contributed by atoms with Gasteiger partial charge in [-0.3, -0.25) is 4.79 Å². The van der Waals surface area contributed by atoms with Crippen LogP contribution >= 0.6 is 0 Å². The molecule has 0 saturated heterocycles. The normalized spacial score (nSPS) is 13.2. The van der Waals surface area contributed by atoms with Gasteiger partial charge in [0.15, 0.2) is 0 Å². The molecule has 0 unspecified atom stereocenters. The van der Waals surface area contributed by atoms with Crippen LogP contribution < -0.4 is 4.74 Å². The van der Waals surface area contributed by atoms with Crippen LogP contribution in [0.5, 0.6) is 5.75 Å². The maximum absolute atomic E-state index is 12.3. The molecule has 0 bridgehead atoms. The standard InChI is InChI=1S/C16H17NO4/c1-3-20-16(19)15-12-9-11(21-10(2)18)6-7-13(12)17-8-4-5-14(15)17/h6-7,9H,3-5,8H2,1-2H3. The van der Waals surface area contributed by atoms with E-state index >= 15 is 0 Å². The summed E-state index contributed by atoms with van der Waals surface area (Å²) < 4.78 is 12.5. The summed E-state index contributed by atoms with van der Waals surface area (Å²) in [6.45, 7) is 4.39. The van der Waals surface area contributed by atoms with Crippen molar-refractivity contribution >= 4 is 22.8 Å². The molecule has 0 saturated carbocycles. The Morgan fingerprint density at radius 1 is 1.33 bits per heavy atom. The number of carbonyl (C=O) groups excluding carboxylic acids is 2. The highest BCUT2D eigenvalue weighted by molar-refractivity contribution is 6.06. The van der Waals surface area contributed by atoms with Crippen molar-refractivity contribution in [3.05, 3.63) is 29.5 Å². The van der Waals surface area contributed by atoms with E-state index in [1.807, 2.05) is 6.07 Å². The van der Waals surface area contributed by atoms with E-state index in [0.29, 0.717) is 17.9 Å². The number of fused-ring (bicyclic) bond motifs is 3. The number of hydrogen-bond donors (Lipinski definition) is 0. The molecule has 21 heavy (non-hydrogen) atoms. The van der Waals surface area contributed by atoms with Crippen LogP contribution in [0.1, 0.15) is 36.3 Å². The van der Waals surface area contributed by atoms with Crippen molar-refractivity contribution in [2.45, 2.75) is 33.2 Å². The van der Waals surface area contributed by atoms with Gasteiger partial charge in [0.1, 0.15) is 5.75 Å². The van der Waals surface area contributed by atoms with Crippen molar-refractivity contribution in [2.75, 3.05) is 6.61 Å². The molecule has 5 nitrogen and oxygen atoms in total. The number of rotatable bonds is 3. The van der Waals surface area contributed by atoms with Gasteiger partial charge in [-0.2, -0.15) is 0 Å². The predicted molar refractivity (Wildman–Crippen MR) is 77.5 cm³/mol. The van der Waals surface area contributed by atoms with Crippen LogP contribution in [-0.2, 0) is 22.5 Å². The average molecular weight is 287 g/mol. The Bertz CT molecular complexity index is 729. The average Bonchev–Trinajstić information content (AvgIpc) is 2.97. The van der Waals surface area contributed by atoms with Crippen LogP contribution in [0.4, 0.5) is 0 Å². The summed E-state index contributed by atoms with van der Waals surface area (Å²) in [7, 11) is 0.